The average molecular weight is 567 g/mol. The molecule has 0 saturated heterocycles. The van der Waals surface area contributed by atoms with E-state index in [-0.39, 0.29) is 18.0 Å². The minimum Gasteiger partial charge on any atom is -0.462 e. The Labute approximate surface area is 235 Å². The first-order valence-corrected chi connectivity index (χ1v) is 14.6. The summed E-state index contributed by atoms with van der Waals surface area (Å²) in [6.45, 7) is 9.26. The number of nitrogens with zero attached hydrogens (tertiary/aromatic N) is 2. The van der Waals surface area contributed by atoms with Gasteiger partial charge in [0.15, 0.2) is 0 Å². The molecule has 0 atom stereocenters. The van der Waals surface area contributed by atoms with E-state index in [1.165, 1.54) is 33.9 Å². The number of benzene rings is 1. The first-order chi connectivity index (χ1) is 18.9. The maximum Gasteiger partial charge on any atom is 0.341 e. The number of fused-ring (bicyclic) bond motifs is 1. The second-order valence-electron chi connectivity index (χ2n) is 9.27. The molecule has 2 amide bonds. The smallest absolute Gasteiger partial charge is 0.341 e. The molecule has 1 aromatic carbocycles. The van der Waals surface area contributed by atoms with Gasteiger partial charge in [-0.15, -0.1) is 22.7 Å². The second-order valence-corrected chi connectivity index (χ2v) is 11.6. The van der Waals surface area contributed by atoms with Crippen LogP contribution in [0.25, 0.3) is 16.1 Å². The Morgan fingerprint density at radius 2 is 1.85 bits per heavy atom. The predicted molar refractivity (Wildman–Crippen MR) is 155 cm³/mol. The normalized spacial score (nSPS) is 13.2. The van der Waals surface area contributed by atoms with Crippen molar-refractivity contribution >= 4 is 39.7 Å². The highest BCUT2D eigenvalue weighted by Crippen LogP contribution is 2.41. The number of rotatable bonds is 8. The van der Waals surface area contributed by atoms with Crippen molar-refractivity contribution in [3.05, 3.63) is 81.1 Å². The van der Waals surface area contributed by atoms with E-state index in [0.29, 0.717) is 22.7 Å². The number of aromatic nitrogens is 1. The van der Waals surface area contributed by atoms with Gasteiger partial charge in [0.1, 0.15) is 21.4 Å². The van der Waals surface area contributed by atoms with Gasteiger partial charge in [-0.1, -0.05) is 19.1 Å². The molecular formula is C29H31FN4O3S2. The number of halogens is 1. The van der Waals surface area contributed by atoms with Crippen LogP contribution in [-0.2, 0) is 24.2 Å². The van der Waals surface area contributed by atoms with Crippen LogP contribution >= 0.6 is 22.7 Å². The van der Waals surface area contributed by atoms with Crippen LogP contribution in [0.4, 0.5) is 14.2 Å². The van der Waals surface area contributed by atoms with E-state index < -0.39 is 12.0 Å². The van der Waals surface area contributed by atoms with Crippen LogP contribution in [0.5, 0.6) is 0 Å². The van der Waals surface area contributed by atoms with Gasteiger partial charge in [-0.2, -0.15) is 0 Å². The summed E-state index contributed by atoms with van der Waals surface area (Å²) >= 11 is 3.07. The molecule has 7 nitrogen and oxygen atoms in total. The van der Waals surface area contributed by atoms with Crippen LogP contribution in [0.15, 0.2) is 48.8 Å². The molecule has 0 fully saturated rings. The third-order valence-electron chi connectivity index (χ3n) is 6.86. The fraction of sp³-hybridized carbons (Fsp3) is 0.310. The molecule has 0 radical (unpaired) electrons. The van der Waals surface area contributed by atoms with Crippen molar-refractivity contribution in [2.24, 2.45) is 0 Å². The van der Waals surface area contributed by atoms with E-state index in [4.69, 9.17) is 4.74 Å². The Morgan fingerprint density at radius 1 is 1.10 bits per heavy atom. The molecule has 1 aliphatic heterocycles. The zero-order chi connectivity index (χ0) is 27.5. The molecule has 10 heteroatoms. The molecule has 39 heavy (non-hydrogen) atoms. The van der Waals surface area contributed by atoms with Crippen LogP contribution in [0.1, 0.15) is 45.1 Å². The van der Waals surface area contributed by atoms with Gasteiger partial charge < -0.3 is 14.6 Å². The number of thiophene rings is 2. The number of anilines is 1. The molecule has 0 saturated carbocycles. The number of carbonyl (C=O) groups excluding carboxylic acids is 2. The standard InChI is InChI=1S/C29H31FN4O3S2/c1-4-33-15-12-21-22(27(39-23(21)17-33)34-13-6-7-14-34)16-31-29(36)32-26-25(28(35)37-5-2)24(18(3)38-26)19-8-10-20(30)11-9-19/h6-11,13-14H,4-5,12,15-17H2,1-3H3,(H2,31,32,36). The number of aryl methyl sites for hydroxylation is 1. The van der Waals surface area contributed by atoms with Gasteiger partial charge in [-0.3, -0.25) is 10.2 Å². The van der Waals surface area contributed by atoms with Crippen LogP contribution in [0.3, 0.4) is 0 Å². The second kappa shape index (κ2) is 11.7. The molecule has 1 aliphatic rings. The quantitative estimate of drug-likeness (QED) is 0.236. The van der Waals surface area contributed by atoms with Gasteiger partial charge in [0.2, 0.25) is 0 Å². The predicted octanol–water partition coefficient (Wildman–Crippen LogP) is 6.59. The Balaban J connectivity index is 1.40. The average Bonchev–Trinajstić information content (AvgIpc) is 3.65. The van der Waals surface area contributed by atoms with Crippen molar-refractivity contribution in [3.8, 4) is 16.1 Å². The van der Waals surface area contributed by atoms with Crippen molar-refractivity contribution in [1.82, 2.24) is 14.8 Å². The number of esters is 1. The molecule has 0 bridgehead atoms. The van der Waals surface area contributed by atoms with Gasteiger partial charge in [0.25, 0.3) is 0 Å². The minimum absolute atomic E-state index is 0.198. The van der Waals surface area contributed by atoms with E-state index in [2.05, 4.69) is 27.0 Å². The SMILES string of the molecule is CCOC(=O)c1c(NC(=O)NCc2c(-n3cccc3)sc3c2CCN(CC)C3)sc(C)c1-c1ccc(F)cc1. The van der Waals surface area contributed by atoms with Crippen molar-refractivity contribution in [3.63, 3.8) is 0 Å². The van der Waals surface area contributed by atoms with Gasteiger partial charge >= 0.3 is 12.0 Å². The number of amides is 2. The molecule has 4 aromatic rings. The number of ether oxygens (including phenoxy) is 1. The fourth-order valence-electron chi connectivity index (χ4n) is 4.95. The minimum atomic E-state index is -0.529. The lowest BCUT2D eigenvalue weighted by Gasteiger charge is -2.25. The highest BCUT2D eigenvalue weighted by Gasteiger charge is 2.27. The summed E-state index contributed by atoms with van der Waals surface area (Å²) in [7, 11) is 0. The van der Waals surface area contributed by atoms with Crippen LogP contribution in [0.2, 0.25) is 0 Å². The first kappa shape index (κ1) is 27.1. The number of likely N-dealkylation sites (N-methyl/N-ethyl adjacent to an activating group) is 1. The number of hydrogen-bond donors (Lipinski definition) is 2. The van der Waals surface area contributed by atoms with Crippen LogP contribution in [-0.4, -0.2) is 41.2 Å². The lowest BCUT2D eigenvalue weighted by atomic mass is 10.0. The maximum atomic E-state index is 13.6. The Kier molecular flexibility index (Phi) is 8.15. The molecule has 3 aromatic heterocycles. The van der Waals surface area contributed by atoms with E-state index in [0.717, 1.165) is 41.5 Å². The number of carbonyl (C=O) groups is 2. The van der Waals surface area contributed by atoms with Gasteiger partial charge in [0.05, 0.1) is 6.61 Å². The molecule has 5 rings (SSSR count). The lowest BCUT2D eigenvalue weighted by Crippen LogP contribution is -2.31. The molecule has 0 unspecified atom stereocenters. The van der Waals surface area contributed by atoms with Gasteiger partial charge in [-0.25, -0.2) is 14.0 Å². The topological polar surface area (TPSA) is 75.6 Å². The van der Waals surface area contributed by atoms with E-state index in [1.807, 2.05) is 31.5 Å². The largest absolute Gasteiger partial charge is 0.462 e. The zero-order valence-corrected chi connectivity index (χ0v) is 23.8. The third-order valence-corrected chi connectivity index (χ3v) is 9.15. The summed E-state index contributed by atoms with van der Waals surface area (Å²) < 4.78 is 21.0. The van der Waals surface area contributed by atoms with Gasteiger partial charge in [0, 0.05) is 52.9 Å². The van der Waals surface area contributed by atoms with Crippen molar-refractivity contribution in [1.29, 1.82) is 0 Å². The van der Waals surface area contributed by atoms with E-state index in [1.54, 1.807) is 30.4 Å². The lowest BCUT2D eigenvalue weighted by molar-refractivity contribution is 0.0529. The molecule has 2 N–H and O–H groups in total. The van der Waals surface area contributed by atoms with Gasteiger partial charge in [-0.05, 0) is 62.2 Å². The highest BCUT2D eigenvalue weighted by atomic mass is 32.1. The Morgan fingerprint density at radius 3 is 2.54 bits per heavy atom. The van der Waals surface area contributed by atoms with Crippen molar-refractivity contribution < 1.29 is 18.7 Å². The first-order valence-electron chi connectivity index (χ1n) is 13.0. The summed E-state index contributed by atoms with van der Waals surface area (Å²) in [5.41, 5.74) is 4.03. The third kappa shape index (κ3) is 5.63. The molecule has 0 aliphatic carbocycles. The highest BCUT2D eigenvalue weighted by molar-refractivity contribution is 7.17. The number of nitrogens with one attached hydrogen (secondary N) is 2. The summed E-state index contributed by atoms with van der Waals surface area (Å²) in [6, 6.07) is 9.54. The van der Waals surface area contributed by atoms with E-state index in [9.17, 15) is 14.0 Å². The van der Waals surface area contributed by atoms with Crippen molar-refractivity contribution in [2.75, 3.05) is 25.0 Å². The Bertz CT molecular complexity index is 1480. The van der Waals surface area contributed by atoms with E-state index >= 15 is 0 Å². The molecular weight excluding hydrogens is 535 g/mol. The van der Waals surface area contributed by atoms with Crippen LogP contribution < -0.4 is 10.6 Å². The summed E-state index contributed by atoms with van der Waals surface area (Å²) in [5.74, 6) is -0.891. The summed E-state index contributed by atoms with van der Waals surface area (Å²) in [4.78, 5) is 30.8. The Hall–Kier alpha value is -3.47. The van der Waals surface area contributed by atoms with Crippen LogP contribution in [0, 0.1) is 12.7 Å². The maximum absolute atomic E-state index is 13.6. The number of hydrogen-bond acceptors (Lipinski definition) is 6. The molecule has 4 heterocycles. The van der Waals surface area contributed by atoms with Crippen molar-refractivity contribution in [2.45, 2.75) is 40.3 Å². The monoisotopic (exact) mass is 566 g/mol. The fourth-order valence-corrected chi connectivity index (χ4v) is 7.38. The summed E-state index contributed by atoms with van der Waals surface area (Å²) in [5, 5.41) is 7.42. The number of urea groups is 1. The summed E-state index contributed by atoms with van der Waals surface area (Å²) in [6.07, 6.45) is 4.99. The zero-order valence-electron chi connectivity index (χ0n) is 22.2. The molecule has 204 valence electrons. The molecule has 0 spiro atoms.